The molecule has 0 heterocycles. The van der Waals surface area contributed by atoms with Crippen LogP contribution in [0.15, 0.2) is 18.2 Å². The summed E-state index contributed by atoms with van der Waals surface area (Å²) in [6.07, 6.45) is 4.31. The van der Waals surface area contributed by atoms with E-state index in [2.05, 4.69) is 5.32 Å². The lowest BCUT2D eigenvalue weighted by Crippen LogP contribution is -2.36. The molecular formula is C14H19N3O4. The van der Waals surface area contributed by atoms with Crippen molar-refractivity contribution in [2.24, 2.45) is 5.73 Å². The summed E-state index contributed by atoms with van der Waals surface area (Å²) >= 11 is 0. The van der Waals surface area contributed by atoms with Gasteiger partial charge in [-0.1, -0.05) is 12.8 Å². The Balaban J connectivity index is 1.92. The Kier molecular flexibility index (Phi) is 5.10. The average Bonchev–Trinajstić information content (AvgIpc) is 2.97. The number of carbonyl (C=O) groups excluding carboxylic acids is 1. The highest BCUT2D eigenvalue weighted by Crippen LogP contribution is 2.24. The Labute approximate surface area is 122 Å². The van der Waals surface area contributed by atoms with E-state index in [4.69, 9.17) is 10.5 Å². The van der Waals surface area contributed by atoms with E-state index in [1.165, 1.54) is 18.2 Å². The van der Waals surface area contributed by atoms with Gasteiger partial charge in [-0.3, -0.25) is 14.9 Å². The molecule has 21 heavy (non-hydrogen) atoms. The third-order valence-corrected chi connectivity index (χ3v) is 3.55. The highest BCUT2D eigenvalue weighted by atomic mass is 16.6. The fraction of sp³-hybridized carbons (Fsp3) is 0.500. The first kappa shape index (κ1) is 15.2. The second kappa shape index (κ2) is 7.03. The van der Waals surface area contributed by atoms with Gasteiger partial charge in [-0.25, -0.2) is 0 Å². The van der Waals surface area contributed by atoms with Gasteiger partial charge in [0.25, 0.3) is 11.6 Å². The molecule has 0 spiro atoms. The standard InChI is InChI=1S/C14H19N3O4/c15-8-10-7-12(17(19)20)5-6-13(10)21-9-14(18)16-11-3-1-2-4-11/h5-7,11H,1-4,8-9,15H2,(H,16,18). The summed E-state index contributed by atoms with van der Waals surface area (Å²) in [5.41, 5.74) is 6.02. The third-order valence-electron chi connectivity index (χ3n) is 3.55. The summed E-state index contributed by atoms with van der Waals surface area (Å²) in [5.74, 6) is 0.230. The molecule has 3 N–H and O–H groups in total. The first-order valence-corrected chi connectivity index (χ1v) is 6.99. The van der Waals surface area contributed by atoms with Crippen LogP contribution in [-0.4, -0.2) is 23.5 Å². The number of non-ortho nitro benzene ring substituents is 1. The average molecular weight is 293 g/mol. The molecule has 7 heteroatoms. The maximum Gasteiger partial charge on any atom is 0.270 e. The summed E-state index contributed by atoms with van der Waals surface area (Å²) in [5, 5.41) is 13.6. The van der Waals surface area contributed by atoms with Gasteiger partial charge in [0.2, 0.25) is 0 Å². The van der Waals surface area contributed by atoms with Crippen LogP contribution in [0.25, 0.3) is 0 Å². The molecule has 0 aromatic heterocycles. The zero-order chi connectivity index (χ0) is 15.2. The van der Waals surface area contributed by atoms with Crippen molar-refractivity contribution in [3.05, 3.63) is 33.9 Å². The molecular weight excluding hydrogens is 274 g/mol. The first-order chi connectivity index (χ1) is 10.1. The van der Waals surface area contributed by atoms with Crippen LogP contribution < -0.4 is 15.8 Å². The first-order valence-electron chi connectivity index (χ1n) is 6.99. The monoisotopic (exact) mass is 293 g/mol. The lowest BCUT2D eigenvalue weighted by molar-refractivity contribution is -0.384. The maximum atomic E-state index is 11.8. The van der Waals surface area contributed by atoms with Crippen LogP contribution in [0.4, 0.5) is 5.69 Å². The van der Waals surface area contributed by atoms with Gasteiger partial charge in [0.1, 0.15) is 5.75 Å². The van der Waals surface area contributed by atoms with Crippen LogP contribution >= 0.6 is 0 Å². The van der Waals surface area contributed by atoms with Crippen molar-refractivity contribution in [2.75, 3.05) is 6.61 Å². The molecule has 1 saturated carbocycles. The number of nitrogens with two attached hydrogens (primary N) is 1. The van der Waals surface area contributed by atoms with E-state index in [-0.39, 0.29) is 30.8 Å². The molecule has 0 aliphatic heterocycles. The molecule has 0 atom stereocenters. The highest BCUT2D eigenvalue weighted by molar-refractivity contribution is 5.77. The lowest BCUT2D eigenvalue weighted by Gasteiger charge is -2.13. The third kappa shape index (κ3) is 4.16. The Morgan fingerprint density at radius 2 is 2.14 bits per heavy atom. The van der Waals surface area contributed by atoms with E-state index in [1.807, 2.05) is 0 Å². The summed E-state index contributed by atoms with van der Waals surface area (Å²) in [4.78, 5) is 22.0. The van der Waals surface area contributed by atoms with E-state index >= 15 is 0 Å². The second-order valence-corrected chi connectivity index (χ2v) is 5.09. The van der Waals surface area contributed by atoms with Gasteiger partial charge >= 0.3 is 0 Å². The number of nitro benzene ring substituents is 1. The number of hydrogen-bond acceptors (Lipinski definition) is 5. The predicted molar refractivity (Wildman–Crippen MR) is 76.9 cm³/mol. The molecule has 0 bridgehead atoms. The van der Waals surface area contributed by atoms with E-state index in [0.29, 0.717) is 11.3 Å². The number of nitrogens with zero attached hydrogens (tertiary/aromatic N) is 1. The van der Waals surface area contributed by atoms with Crippen molar-refractivity contribution in [1.82, 2.24) is 5.32 Å². The highest BCUT2D eigenvalue weighted by Gasteiger charge is 2.18. The van der Waals surface area contributed by atoms with Gasteiger partial charge < -0.3 is 15.8 Å². The molecule has 1 aliphatic rings. The molecule has 1 aromatic rings. The zero-order valence-corrected chi connectivity index (χ0v) is 11.7. The fourth-order valence-corrected chi connectivity index (χ4v) is 2.46. The van der Waals surface area contributed by atoms with Crippen molar-refractivity contribution >= 4 is 11.6 Å². The van der Waals surface area contributed by atoms with Crippen LogP contribution in [0, 0.1) is 10.1 Å². The van der Waals surface area contributed by atoms with E-state index < -0.39 is 4.92 Å². The minimum absolute atomic E-state index is 0.0433. The molecule has 114 valence electrons. The molecule has 1 fully saturated rings. The minimum atomic E-state index is -0.490. The van der Waals surface area contributed by atoms with E-state index in [9.17, 15) is 14.9 Å². The Morgan fingerprint density at radius 1 is 1.43 bits per heavy atom. The fourth-order valence-electron chi connectivity index (χ4n) is 2.46. The molecule has 1 amide bonds. The molecule has 0 unspecified atom stereocenters. The number of rotatable bonds is 6. The normalized spacial score (nSPS) is 14.9. The zero-order valence-electron chi connectivity index (χ0n) is 11.7. The number of benzene rings is 1. The summed E-state index contributed by atoms with van der Waals surface area (Å²) in [6.45, 7) is 0.00255. The maximum absolute atomic E-state index is 11.8. The van der Waals surface area contributed by atoms with E-state index in [1.54, 1.807) is 0 Å². The van der Waals surface area contributed by atoms with Crippen LogP contribution in [0.5, 0.6) is 5.75 Å². The van der Waals surface area contributed by atoms with Crippen LogP contribution in [0.1, 0.15) is 31.2 Å². The molecule has 2 rings (SSSR count). The summed E-state index contributed by atoms with van der Waals surface area (Å²) in [6, 6.07) is 4.42. The number of ether oxygens (including phenoxy) is 1. The van der Waals surface area contributed by atoms with Crippen molar-refractivity contribution < 1.29 is 14.5 Å². The SMILES string of the molecule is NCc1cc([N+](=O)[O-])ccc1OCC(=O)NC1CCCC1. The van der Waals surface area contributed by atoms with Gasteiger partial charge in [-0.05, 0) is 18.9 Å². The van der Waals surface area contributed by atoms with Gasteiger partial charge in [0.15, 0.2) is 6.61 Å². The number of amides is 1. The second-order valence-electron chi connectivity index (χ2n) is 5.09. The molecule has 1 aliphatic carbocycles. The molecule has 0 saturated heterocycles. The minimum Gasteiger partial charge on any atom is -0.483 e. The number of nitro groups is 1. The molecule has 0 radical (unpaired) electrons. The number of nitrogens with one attached hydrogen (secondary N) is 1. The largest absolute Gasteiger partial charge is 0.483 e. The number of carbonyl (C=O) groups is 1. The Morgan fingerprint density at radius 3 is 2.76 bits per heavy atom. The predicted octanol–water partition coefficient (Wildman–Crippen LogP) is 1.49. The topological polar surface area (TPSA) is 107 Å². The van der Waals surface area contributed by atoms with Crippen molar-refractivity contribution in [1.29, 1.82) is 0 Å². The Bertz CT molecular complexity index is 527. The Hall–Kier alpha value is -2.15. The molecule has 1 aromatic carbocycles. The summed E-state index contributed by atoms with van der Waals surface area (Å²) < 4.78 is 5.42. The van der Waals surface area contributed by atoms with Crippen LogP contribution in [0.2, 0.25) is 0 Å². The smallest absolute Gasteiger partial charge is 0.270 e. The quantitative estimate of drug-likeness (QED) is 0.610. The number of hydrogen-bond donors (Lipinski definition) is 2. The van der Waals surface area contributed by atoms with Gasteiger partial charge in [0.05, 0.1) is 4.92 Å². The van der Waals surface area contributed by atoms with E-state index in [0.717, 1.165) is 25.7 Å². The summed E-state index contributed by atoms with van der Waals surface area (Å²) in [7, 11) is 0. The van der Waals surface area contributed by atoms with Crippen LogP contribution in [-0.2, 0) is 11.3 Å². The van der Waals surface area contributed by atoms with Crippen molar-refractivity contribution in [3.8, 4) is 5.75 Å². The van der Waals surface area contributed by atoms with Crippen molar-refractivity contribution in [2.45, 2.75) is 38.3 Å². The van der Waals surface area contributed by atoms with Crippen molar-refractivity contribution in [3.63, 3.8) is 0 Å². The van der Waals surface area contributed by atoms with Gasteiger partial charge in [-0.2, -0.15) is 0 Å². The van der Waals surface area contributed by atoms with Gasteiger partial charge in [-0.15, -0.1) is 0 Å². The lowest BCUT2D eigenvalue weighted by atomic mass is 10.2. The van der Waals surface area contributed by atoms with Crippen LogP contribution in [0.3, 0.4) is 0 Å². The van der Waals surface area contributed by atoms with Gasteiger partial charge in [0, 0.05) is 30.3 Å². The molecule has 7 nitrogen and oxygen atoms in total.